The van der Waals surface area contributed by atoms with E-state index >= 15 is 0 Å². The van der Waals surface area contributed by atoms with Crippen molar-refractivity contribution in [2.75, 3.05) is 49.5 Å². The van der Waals surface area contributed by atoms with Crippen molar-refractivity contribution >= 4 is 44.0 Å². The third kappa shape index (κ3) is 11.0. The van der Waals surface area contributed by atoms with Crippen LogP contribution >= 0.6 is 0 Å². The molecule has 2 fully saturated rings. The molecule has 1 saturated carbocycles. The van der Waals surface area contributed by atoms with Crippen LogP contribution in [0.15, 0.2) is 89.1 Å². The normalized spacial score (nSPS) is 21.0. The van der Waals surface area contributed by atoms with Crippen molar-refractivity contribution in [1.82, 2.24) is 19.6 Å². The summed E-state index contributed by atoms with van der Waals surface area (Å²) in [4.78, 5) is 37.2. The second-order valence-corrected chi connectivity index (χ2v) is 20.0. The molecule has 15 heteroatoms. The molecule has 4 N–H and O–H groups in total. The maximum Gasteiger partial charge on any atom is 0.293 e. The van der Waals surface area contributed by atoms with Gasteiger partial charge in [0.05, 0.1) is 27.2 Å². The lowest BCUT2D eigenvalue weighted by molar-refractivity contribution is -0.384. The average molecular weight is 854 g/mol. The number of aliphatic hydroxyl groups is 1. The molecular formula is C46H59N7O7S. The summed E-state index contributed by atoms with van der Waals surface area (Å²) < 4.78 is 35.8. The van der Waals surface area contributed by atoms with Crippen LogP contribution < -0.4 is 19.7 Å². The smallest absolute Gasteiger partial charge is 0.293 e. The summed E-state index contributed by atoms with van der Waals surface area (Å²) in [5, 5.41) is 26.3. The van der Waals surface area contributed by atoms with Crippen LogP contribution in [0.3, 0.4) is 0 Å². The summed E-state index contributed by atoms with van der Waals surface area (Å²) in [5.41, 5.74) is 5.17. The summed E-state index contributed by atoms with van der Waals surface area (Å²) in [6.07, 6.45) is 11.6. The number of H-pyrrole nitrogens is 1. The molecule has 0 bridgehead atoms. The minimum absolute atomic E-state index is 0.0335. The van der Waals surface area contributed by atoms with Gasteiger partial charge in [-0.2, -0.15) is 0 Å². The summed E-state index contributed by atoms with van der Waals surface area (Å²) in [5.74, 6) is -0.254. The Hall–Kier alpha value is -5.25. The van der Waals surface area contributed by atoms with Crippen LogP contribution in [0.4, 0.5) is 17.1 Å². The first-order valence-electron chi connectivity index (χ1n) is 21.3. The first-order valence-corrected chi connectivity index (χ1v) is 22.8. The number of rotatable bonds is 15. The Kier molecular flexibility index (Phi) is 12.9. The molecular weight excluding hydrogens is 795 g/mol. The van der Waals surface area contributed by atoms with Gasteiger partial charge in [-0.25, -0.2) is 18.1 Å². The monoisotopic (exact) mass is 853 g/mol. The van der Waals surface area contributed by atoms with Gasteiger partial charge in [0, 0.05) is 68.7 Å². The van der Waals surface area contributed by atoms with Gasteiger partial charge in [0.1, 0.15) is 22.8 Å². The number of nitrogens with zero attached hydrogens (tertiary/aromatic N) is 4. The highest BCUT2D eigenvalue weighted by molar-refractivity contribution is 7.90. The van der Waals surface area contributed by atoms with Crippen LogP contribution in [-0.2, 0) is 10.0 Å². The van der Waals surface area contributed by atoms with Crippen molar-refractivity contribution in [3.63, 3.8) is 0 Å². The number of ether oxygens (including phenoxy) is 1. The van der Waals surface area contributed by atoms with E-state index in [-0.39, 0.29) is 22.9 Å². The number of piperazine rings is 1. The molecule has 3 heterocycles. The molecule has 61 heavy (non-hydrogen) atoms. The zero-order chi connectivity index (χ0) is 43.5. The van der Waals surface area contributed by atoms with E-state index in [1.54, 1.807) is 41.6 Å². The Balaban J connectivity index is 1.07. The quantitative estimate of drug-likeness (QED) is 0.0510. The number of fused-ring (bicyclic) bond motifs is 1. The Morgan fingerprint density at radius 1 is 1.05 bits per heavy atom. The highest BCUT2D eigenvalue weighted by atomic mass is 32.2. The second kappa shape index (κ2) is 18.0. The summed E-state index contributed by atoms with van der Waals surface area (Å²) in [6, 6.07) is 12.3. The number of nitrogens with one attached hydrogen (secondary N) is 3. The van der Waals surface area contributed by atoms with Gasteiger partial charge in [-0.15, -0.1) is 6.58 Å². The Labute approximate surface area is 358 Å². The zero-order valence-corrected chi connectivity index (χ0v) is 36.6. The maximum atomic E-state index is 13.9. The van der Waals surface area contributed by atoms with Gasteiger partial charge < -0.3 is 25.0 Å². The SMILES string of the molecule is C=C(C)CCC1=C(CN2CCN(c3ccc(C(=O)NS(=O)(=O)c4ccc(NCC5CCC(C)(O)CC5)c([N+](=O)[O-])c4)c(Oc4cnc5[nH]ccc5c4)c3)CC2)CCC(C)(C)C1. The average Bonchev–Trinajstić information content (AvgIpc) is 3.68. The minimum atomic E-state index is -4.56. The van der Waals surface area contributed by atoms with E-state index in [1.165, 1.54) is 30.3 Å². The molecule has 14 nitrogen and oxygen atoms in total. The van der Waals surface area contributed by atoms with Crippen LogP contribution in [0.2, 0.25) is 0 Å². The number of aromatic nitrogens is 2. The highest BCUT2D eigenvalue weighted by Crippen LogP contribution is 2.41. The summed E-state index contributed by atoms with van der Waals surface area (Å²) in [6.45, 7) is 17.4. The molecule has 4 aromatic rings. The third-order valence-corrected chi connectivity index (χ3v) is 13.9. The van der Waals surface area contributed by atoms with Crippen LogP contribution in [0, 0.1) is 21.4 Å². The first kappa shape index (κ1) is 43.8. The molecule has 1 aliphatic heterocycles. The predicted molar refractivity (Wildman–Crippen MR) is 239 cm³/mol. The Bertz CT molecular complexity index is 2420. The second-order valence-electron chi connectivity index (χ2n) is 18.3. The lowest BCUT2D eigenvalue weighted by Gasteiger charge is -2.39. The molecule has 0 radical (unpaired) electrons. The molecule has 2 aromatic heterocycles. The number of nitro benzene ring substituents is 1. The van der Waals surface area contributed by atoms with Crippen molar-refractivity contribution in [2.45, 2.75) is 96.0 Å². The molecule has 1 amide bonds. The Morgan fingerprint density at radius 3 is 2.52 bits per heavy atom. The number of anilines is 2. The van der Waals surface area contributed by atoms with E-state index in [4.69, 9.17) is 4.74 Å². The topological polar surface area (TPSA) is 183 Å². The lowest BCUT2D eigenvalue weighted by atomic mass is 9.73. The van der Waals surface area contributed by atoms with Crippen LogP contribution in [0.25, 0.3) is 11.0 Å². The van der Waals surface area contributed by atoms with Crippen molar-refractivity contribution in [3.8, 4) is 11.5 Å². The lowest BCUT2D eigenvalue weighted by Crippen LogP contribution is -2.47. The molecule has 326 valence electrons. The molecule has 1 saturated heterocycles. The number of pyridine rings is 1. The van der Waals surface area contributed by atoms with Gasteiger partial charge in [0.15, 0.2) is 0 Å². The van der Waals surface area contributed by atoms with Gasteiger partial charge >= 0.3 is 0 Å². The van der Waals surface area contributed by atoms with E-state index in [0.29, 0.717) is 36.2 Å². The van der Waals surface area contributed by atoms with E-state index in [1.807, 2.05) is 13.0 Å². The van der Waals surface area contributed by atoms with Crippen LogP contribution in [-0.4, -0.2) is 84.1 Å². The molecule has 2 aliphatic carbocycles. The molecule has 7 rings (SSSR count). The number of sulfonamides is 1. The molecule has 0 unspecified atom stereocenters. The largest absolute Gasteiger partial charge is 0.455 e. The summed E-state index contributed by atoms with van der Waals surface area (Å²) in [7, 11) is -4.56. The highest BCUT2D eigenvalue weighted by Gasteiger charge is 2.31. The fourth-order valence-corrected chi connectivity index (χ4v) is 9.75. The number of aromatic amines is 1. The van der Waals surface area contributed by atoms with Crippen LogP contribution in [0.5, 0.6) is 11.5 Å². The van der Waals surface area contributed by atoms with E-state index in [2.05, 4.69) is 57.2 Å². The molecule has 2 aromatic carbocycles. The third-order valence-electron chi connectivity index (χ3n) is 12.6. The van der Waals surface area contributed by atoms with Gasteiger partial charge in [0.2, 0.25) is 0 Å². The predicted octanol–water partition coefficient (Wildman–Crippen LogP) is 8.72. The standard InChI is InChI=1S/C46H59N7O7S/c1-31(2)6-7-34-27-45(3,4)16-14-35(34)30-51-20-22-52(23-21-51)36-8-10-39(42(25-36)60-37-24-33-15-19-47-43(33)49-29-37)44(54)50-61(58,59)38-9-11-40(41(26-38)53(56)57)48-28-32-12-17-46(5,55)18-13-32/h8-11,15,19,24-26,29,32,48,55H,1,6-7,12-14,16-18,20-23,27-28,30H2,2-5H3,(H,47,49)(H,50,54). The van der Waals surface area contributed by atoms with Crippen molar-refractivity contribution in [1.29, 1.82) is 0 Å². The number of carbonyl (C=O) groups excluding carboxylic acids is 1. The fourth-order valence-electron chi connectivity index (χ4n) is 8.77. The maximum absolute atomic E-state index is 13.9. The summed E-state index contributed by atoms with van der Waals surface area (Å²) >= 11 is 0. The number of amides is 1. The van der Waals surface area contributed by atoms with E-state index < -0.39 is 37.0 Å². The van der Waals surface area contributed by atoms with E-state index in [9.17, 15) is 28.4 Å². The van der Waals surface area contributed by atoms with E-state index in [0.717, 1.165) is 88.4 Å². The van der Waals surface area contributed by atoms with Gasteiger partial charge in [-0.1, -0.05) is 30.6 Å². The van der Waals surface area contributed by atoms with Crippen molar-refractivity contribution in [3.05, 3.63) is 99.9 Å². The van der Waals surface area contributed by atoms with Gasteiger partial charge in [-0.3, -0.25) is 19.8 Å². The molecule has 3 aliphatic rings. The van der Waals surface area contributed by atoms with Crippen LogP contribution in [0.1, 0.15) is 95.8 Å². The number of carbonyl (C=O) groups is 1. The zero-order valence-electron chi connectivity index (χ0n) is 35.8. The Morgan fingerprint density at radius 2 is 1.80 bits per heavy atom. The number of hydrogen-bond donors (Lipinski definition) is 4. The molecule has 0 atom stereocenters. The van der Waals surface area contributed by atoms with Crippen molar-refractivity contribution in [2.24, 2.45) is 11.3 Å². The fraction of sp³-hybridized carbons (Fsp3) is 0.478. The van der Waals surface area contributed by atoms with Crippen molar-refractivity contribution < 1.29 is 28.0 Å². The number of nitro groups is 1. The van der Waals surface area contributed by atoms with Gasteiger partial charge in [-0.05, 0) is 119 Å². The number of benzene rings is 2. The minimum Gasteiger partial charge on any atom is -0.455 e. The number of hydrogen-bond acceptors (Lipinski definition) is 11. The molecule has 0 spiro atoms. The first-order chi connectivity index (χ1) is 28.9. The van der Waals surface area contributed by atoms with Gasteiger partial charge in [0.25, 0.3) is 21.6 Å². The number of allylic oxidation sites excluding steroid dienone is 2.